The van der Waals surface area contributed by atoms with Crippen LogP contribution in [0.4, 0.5) is 0 Å². The highest BCUT2D eigenvalue weighted by Crippen LogP contribution is 2.41. The number of dihydropyridines is 1. The van der Waals surface area contributed by atoms with Gasteiger partial charge in [0.25, 0.3) is 0 Å². The van der Waals surface area contributed by atoms with Gasteiger partial charge in [0.1, 0.15) is 0 Å². The van der Waals surface area contributed by atoms with Crippen LogP contribution in [0, 0.1) is 0 Å². The minimum Gasteiger partial charge on any atom is -0.494 e. The van der Waals surface area contributed by atoms with Crippen LogP contribution in [0.5, 0.6) is 0 Å². The molecule has 100 valence electrons. The van der Waals surface area contributed by atoms with Crippen molar-refractivity contribution < 1.29 is 5.11 Å². The summed E-state index contributed by atoms with van der Waals surface area (Å²) < 4.78 is 0. The van der Waals surface area contributed by atoms with E-state index in [0.717, 1.165) is 5.56 Å². The predicted molar refractivity (Wildman–Crippen MR) is 75.4 cm³/mol. The number of benzene rings is 1. The molecule has 1 aliphatic heterocycles. The van der Waals surface area contributed by atoms with Crippen molar-refractivity contribution >= 4 is 5.57 Å². The van der Waals surface area contributed by atoms with E-state index >= 15 is 0 Å². The Labute approximate surface area is 116 Å². The maximum Gasteiger partial charge on any atom is 0.194 e. The van der Waals surface area contributed by atoms with Crippen LogP contribution in [-0.2, 0) is 5.41 Å². The topological polar surface area (TPSA) is 70.9 Å². The third-order valence-corrected chi connectivity index (χ3v) is 3.53. The van der Waals surface area contributed by atoms with Crippen LogP contribution in [0.25, 0.3) is 5.57 Å². The van der Waals surface area contributed by atoms with Crippen LogP contribution in [0.15, 0.2) is 60.8 Å². The monoisotopic (exact) mass is 266 g/mol. The molecule has 0 radical (unpaired) electrons. The van der Waals surface area contributed by atoms with Crippen LogP contribution in [0.2, 0.25) is 0 Å². The summed E-state index contributed by atoms with van der Waals surface area (Å²) in [6, 6.07) is 11.7. The van der Waals surface area contributed by atoms with Gasteiger partial charge in [-0.05, 0) is 23.8 Å². The van der Waals surface area contributed by atoms with Crippen LogP contribution in [-0.4, -0.2) is 20.5 Å². The zero-order valence-corrected chi connectivity index (χ0v) is 11.0. The first kappa shape index (κ1) is 12.3. The standard InChI is InChI=1S/C15H14N4O/c1-15(11-5-3-2-4-6-11)8-10-16-14(20)13(15)12-7-9-17-19-18-12/h2-10,16,20H,1H3. The van der Waals surface area contributed by atoms with Crippen molar-refractivity contribution in [2.45, 2.75) is 12.3 Å². The van der Waals surface area contributed by atoms with Crippen LogP contribution in [0.3, 0.4) is 0 Å². The molecule has 20 heavy (non-hydrogen) atoms. The van der Waals surface area contributed by atoms with Gasteiger partial charge in [-0.25, -0.2) is 0 Å². The van der Waals surface area contributed by atoms with Crippen molar-refractivity contribution in [3.8, 4) is 0 Å². The first-order chi connectivity index (χ1) is 9.72. The number of allylic oxidation sites excluding steroid dienone is 2. The second-order valence-electron chi connectivity index (χ2n) is 4.78. The summed E-state index contributed by atoms with van der Waals surface area (Å²) in [5.41, 5.74) is 1.87. The molecule has 0 amide bonds. The van der Waals surface area contributed by atoms with Crippen molar-refractivity contribution in [1.29, 1.82) is 0 Å². The maximum atomic E-state index is 10.2. The lowest BCUT2D eigenvalue weighted by atomic mass is 9.73. The van der Waals surface area contributed by atoms with Crippen molar-refractivity contribution in [2.24, 2.45) is 0 Å². The van der Waals surface area contributed by atoms with E-state index in [-0.39, 0.29) is 5.88 Å². The number of nitrogens with zero attached hydrogens (tertiary/aromatic N) is 3. The average Bonchev–Trinajstić information content (AvgIpc) is 2.49. The third-order valence-electron chi connectivity index (χ3n) is 3.53. The van der Waals surface area contributed by atoms with Crippen molar-refractivity contribution in [1.82, 2.24) is 20.7 Å². The van der Waals surface area contributed by atoms with Gasteiger partial charge in [0, 0.05) is 11.6 Å². The summed E-state index contributed by atoms with van der Waals surface area (Å²) in [5, 5.41) is 24.4. The molecule has 5 heteroatoms. The highest BCUT2D eigenvalue weighted by atomic mass is 16.3. The molecule has 2 heterocycles. The fourth-order valence-electron chi connectivity index (χ4n) is 2.48. The van der Waals surface area contributed by atoms with E-state index in [0.29, 0.717) is 11.3 Å². The van der Waals surface area contributed by atoms with Crippen LogP contribution < -0.4 is 5.32 Å². The van der Waals surface area contributed by atoms with Gasteiger partial charge >= 0.3 is 0 Å². The molecule has 2 N–H and O–H groups in total. The molecule has 0 saturated heterocycles. The smallest absolute Gasteiger partial charge is 0.194 e. The van der Waals surface area contributed by atoms with Gasteiger partial charge in [0.05, 0.1) is 17.5 Å². The minimum atomic E-state index is -0.480. The van der Waals surface area contributed by atoms with Crippen molar-refractivity contribution in [2.75, 3.05) is 0 Å². The van der Waals surface area contributed by atoms with Gasteiger partial charge in [-0.1, -0.05) is 36.4 Å². The molecule has 0 aliphatic carbocycles. The second-order valence-corrected chi connectivity index (χ2v) is 4.78. The van der Waals surface area contributed by atoms with Crippen LogP contribution in [0.1, 0.15) is 18.2 Å². The van der Waals surface area contributed by atoms with Gasteiger partial charge in [-0.3, -0.25) is 0 Å². The predicted octanol–water partition coefficient (Wildman–Crippen LogP) is 2.17. The van der Waals surface area contributed by atoms with Gasteiger partial charge in [-0.15, -0.1) is 10.2 Å². The minimum absolute atomic E-state index is 0.0827. The molecular weight excluding hydrogens is 252 g/mol. The molecule has 5 nitrogen and oxygen atoms in total. The Hall–Kier alpha value is -2.69. The fourth-order valence-corrected chi connectivity index (χ4v) is 2.48. The summed E-state index contributed by atoms with van der Waals surface area (Å²) in [5.74, 6) is 0.0827. The number of nitrogens with one attached hydrogen (secondary N) is 1. The van der Waals surface area contributed by atoms with Crippen molar-refractivity contribution in [3.05, 3.63) is 72.0 Å². The Morgan fingerprint density at radius 3 is 2.65 bits per heavy atom. The lowest BCUT2D eigenvalue weighted by Gasteiger charge is -2.32. The molecule has 0 spiro atoms. The third kappa shape index (κ3) is 1.93. The number of aliphatic hydroxyl groups is 1. The van der Waals surface area contributed by atoms with Gasteiger partial charge < -0.3 is 10.4 Å². The molecule has 1 unspecified atom stereocenters. The van der Waals surface area contributed by atoms with E-state index in [2.05, 4.69) is 20.7 Å². The lowest BCUT2D eigenvalue weighted by molar-refractivity contribution is 0.375. The summed E-state index contributed by atoms with van der Waals surface area (Å²) >= 11 is 0. The average molecular weight is 266 g/mol. The second kappa shape index (κ2) is 4.77. The highest BCUT2D eigenvalue weighted by molar-refractivity contribution is 5.77. The summed E-state index contributed by atoms with van der Waals surface area (Å²) in [6.45, 7) is 2.04. The zero-order valence-electron chi connectivity index (χ0n) is 11.0. The molecular formula is C15H14N4O. The Morgan fingerprint density at radius 2 is 1.95 bits per heavy atom. The lowest BCUT2D eigenvalue weighted by Crippen LogP contribution is -2.30. The molecule has 0 fully saturated rings. The SMILES string of the molecule is CC1(c2ccccc2)C=CNC(O)=C1c1ccnnn1. The fraction of sp³-hybridized carbons (Fsp3) is 0.133. The van der Waals surface area contributed by atoms with Gasteiger partial charge in [0.2, 0.25) is 0 Å². The molecule has 0 bridgehead atoms. The number of hydrogen-bond donors (Lipinski definition) is 2. The Kier molecular flexibility index (Phi) is 2.95. The normalized spacial score (nSPS) is 21.6. The molecule has 2 aromatic rings. The number of rotatable bonds is 2. The summed E-state index contributed by atoms with van der Waals surface area (Å²) in [7, 11) is 0. The Balaban J connectivity index is 2.19. The highest BCUT2D eigenvalue weighted by Gasteiger charge is 2.35. The number of aliphatic hydroxyl groups excluding tert-OH is 1. The van der Waals surface area contributed by atoms with E-state index in [9.17, 15) is 5.11 Å². The Bertz CT molecular complexity index is 667. The van der Waals surface area contributed by atoms with E-state index in [1.165, 1.54) is 0 Å². The van der Waals surface area contributed by atoms with Crippen molar-refractivity contribution in [3.63, 3.8) is 0 Å². The first-order valence-electron chi connectivity index (χ1n) is 6.30. The zero-order chi connectivity index (χ0) is 14.0. The summed E-state index contributed by atoms with van der Waals surface area (Å²) in [4.78, 5) is 0. The van der Waals surface area contributed by atoms with Crippen LogP contribution >= 0.6 is 0 Å². The molecule has 0 saturated carbocycles. The molecule has 1 aromatic heterocycles. The molecule has 1 atom stereocenters. The summed E-state index contributed by atoms with van der Waals surface area (Å²) in [6.07, 6.45) is 5.30. The van der Waals surface area contributed by atoms with Gasteiger partial charge in [0.15, 0.2) is 5.88 Å². The molecule has 3 rings (SSSR count). The largest absolute Gasteiger partial charge is 0.494 e. The Morgan fingerprint density at radius 1 is 1.15 bits per heavy atom. The molecule has 1 aromatic carbocycles. The maximum absolute atomic E-state index is 10.2. The van der Waals surface area contributed by atoms with Gasteiger partial charge in [-0.2, -0.15) is 0 Å². The quantitative estimate of drug-likeness (QED) is 0.871. The number of aromatic nitrogens is 3. The van der Waals surface area contributed by atoms with E-state index in [1.807, 2.05) is 43.3 Å². The van der Waals surface area contributed by atoms with E-state index in [1.54, 1.807) is 18.5 Å². The first-order valence-corrected chi connectivity index (χ1v) is 6.30. The number of hydrogen-bond acceptors (Lipinski definition) is 5. The van der Waals surface area contributed by atoms with E-state index < -0.39 is 5.41 Å². The molecule has 1 aliphatic rings. The van der Waals surface area contributed by atoms with E-state index in [4.69, 9.17) is 0 Å².